The zero-order valence-electron chi connectivity index (χ0n) is 9.81. The molecule has 0 aromatic heterocycles. The van der Waals surface area contributed by atoms with E-state index in [1.54, 1.807) is 18.2 Å². The highest BCUT2D eigenvalue weighted by atomic mass is 79.9. The fraction of sp³-hybridized carbons (Fsp3) is 0.0714. The van der Waals surface area contributed by atoms with E-state index in [0.29, 0.717) is 10.0 Å². The van der Waals surface area contributed by atoms with Crippen molar-refractivity contribution in [3.63, 3.8) is 0 Å². The Hall–Kier alpha value is -1.07. The molecule has 0 aliphatic heterocycles. The van der Waals surface area contributed by atoms with E-state index in [9.17, 15) is 13.6 Å². The summed E-state index contributed by atoms with van der Waals surface area (Å²) in [4.78, 5) is 12.3. The van der Waals surface area contributed by atoms with Gasteiger partial charge in [0.15, 0.2) is 5.78 Å². The number of carbonyl (C=O) groups excluding carboxylic acids is 1. The molecule has 0 N–H and O–H groups in total. The summed E-state index contributed by atoms with van der Waals surface area (Å²) in [6.07, 6.45) is 0. The quantitative estimate of drug-likeness (QED) is 0.658. The zero-order chi connectivity index (χ0) is 14.2. The van der Waals surface area contributed by atoms with Crippen molar-refractivity contribution in [2.75, 3.05) is 0 Å². The SMILES string of the molecule is Cc1cc(C(=O)c2ccc(Br)cc2Br)c(F)cc1F. The summed E-state index contributed by atoms with van der Waals surface area (Å²) in [5.41, 5.74) is 0.424. The smallest absolute Gasteiger partial charge is 0.197 e. The molecule has 0 spiro atoms. The van der Waals surface area contributed by atoms with Gasteiger partial charge in [0.25, 0.3) is 0 Å². The second kappa shape index (κ2) is 5.51. The third-order valence-electron chi connectivity index (χ3n) is 2.67. The van der Waals surface area contributed by atoms with Crippen molar-refractivity contribution in [2.45, 2.75) is 6.92 Å². The molecular weight excluding hydrogens is 382 g/mol. The minimum absolute atomic E-state index is 0.137. The van der Waals surface area contributed by atoms with Gasteiger partial charge >= 0.3 is 0 Å². The summed E-state index contributed by atoms with van der Waals surface area (Å²) in [6.45, 7) is 1.49. The van der Waals surface area contributed by atoms with Crippen LogP contribution in [0.5, 0.6) is 0 Å². The van der Waals surface area contributed by atoms with E-state index in [-0.39, 0.29) is 11.1 Å². The monoisotopic (exact) mass is 388 g/mol. The van der Waals surface area contributed by atoms with Crippen LogP contribution in [0.15, 0.2) is 39.3 Å². The Morgan fingerprint density at radius 1 is 1.00 bits per heavy atom. The lowest BCUT2D eigenvalue weighted by Gasteiger charge is -2.07. The highest BCUT2D eigenvalue weighted by Gasteiger charge is 2.18. The number of ketones is 1. The number of benzene rings is 2. The average Bonchev–Trinajstić information content (AvgIpc) is 2.33. The minimum atomic E-state index is -0.858. The largest absolute Gasteiger partial charge is 0.288 e. The maximum atomic E-state index is 13.7. The van der Waals surface area contributed by atoms with Crippen molar-refractivity contribution in [3.05, 3.63) is 67.6 Å². The van der Waals surface area contributed by atoms with Gasteiger partial charge in [-0.25, -0.2) is 8.78 Å². The molecule has 0 bridgehead atoms. The van der Waals surface area contributed by atoms with Crippen LogP contribution in [0.3, 0.4) is 0 Å². The molecule has 2 rings (SSSR count). The van der Waals surface area contributed by atoms with E-state index in [0.717, 1.165) is 10.5 Å². The standard InChI is InChI=1S/C14H8Br2F2O/c1-7-4-10(13(18)6-12(7)17)14(19)9-3-2-8(15)5-11(9)16/h2-6H,1H3. The third kappa shape index (κ3) is 2.92. The summed E-state index contributed by atoms with van der Waals surface area (Å²) >= 11 is 6.53. The lowest BCUT2D eigenvalue weighted by molar-refractivity contribution is 0.103. The van der Waals surface area contributed by atoms with Gasteiger partial charge in [0, 0.05) is 20.6 Å². The molecule has 1 nitrogen and oxygen atoms in total. The predicted molar refractivity (Wildman–Crippen MR) is 76.4 cm³/mol. The van der Waals surface area contributed by atoms with Gasteiger partial charge in [0.1, 0.15) is 11.6 Å². The molecule has 0 atom stereocenters. The molecule has 0 heterocycles. The van der Waals surface area contributed by atoms with E-state index in [1.165, 1.54) is 13.0 Å². The first kappa shape index (κ1) is 14.3. The fourth-order valence-electron chi connectivity index (χ4n) is 1.65. The van der Waals surface area contributed by atoms with Gasteiger partial charge in [-0.05, 0) is 52.7 Å². The maximum Gasteiger partial charge on any atom is 0.197 e. The van der Waals surface area contributed by atoms with Gasteiger partial charge in [-0.3, -0.25) is 4.79 Å². The third-order valence-corrected chi connectivity index (χ3v) is 3.82. The molecular formula is C14H8Br2F2O. The van der Waals surface area contributed by atoms with E-state index in [2.05, 4.69) is 31.9 Å². The number of halogens is 4. The first-order chi connectivity index (χ1) is 8.90. The van der Waals surface area contributed by atoms with Crippen LogP contribution in [0.25, 0.3) is 0 Å². The topological polar surface area (TPSA) is 17.1 Å². The summed E-state index contributed by atoms with van der Waals surface area (Å²) in [5, 5.41) is 0. The Morgan fingerprint density at radius 3 is 2.32 bits per heavy atom. The zero-order valence-corrected chi connectivity index (χ0v) is 13.0. The summed E-state index contributed by atoms with van der Waals surface area (Å²) < 4.78 is 28.2. The Bertz CT molecular complexity index is 669. The Labute approximate surface area is 125 Å². The Morgan fingerprint density at radius 2 is 1.68 bits per heavy atom. The Balaban J connectivity index is 2.53. The molecule has 0 unspecified atom stereocenters. The van der Waals surface area contributed by atoms with Crippen LogP contribution in [-0.2, 0) is 0 Å². The number of aryl methyl sites for hydroxylation is 1. The number of rotatable bonds is 2. The molecule has 0 amide bonds. The first-order valence-corrected chi connectivity index (χ1v) is 6.94. The van der Waals surface area contributed by atoms with E-state index >= 15 is 0 Å². The average molecular weight is 390 g/mol. The molecule has 0 aliphatic carbocycles. The summed E-state index contributed by atoms with van der Waals surface area (Å²) in [6, 6.07) is 6.92. The molecule has 0 aliphatic rings. The molecule has 98 valence electrons. The van der Waals surface area contributed by atoms with Crippen LogP contribution >= 0.6 is 31.9 Å². The van der Waals surface area contributed by atoms with Gasteiger partial charge in [0.2, 0.25) is 0 Å². The maximum absolute atomic E-state index is 13.7. The molecule has 0 saturated carbocycles. The highest BCUT2D eigenvalue weighted by Crippen LogP contribution is 2.26. The first-order valence-electron chi connectivity index (χ1n) is 5.35. The summed E-state index contributed by atoms with van der Waals surface area (Å²) in [7, 11) is 0. The van der Waals surface area contributed by atoms with Crippen molar-refractivity contribution < 1.29 is 13.6 Å². The molecule has 0 fully saturated rings. The minimum Gasteiger partial charge on any atom is -0.288 e. The van der Waals surface area contributed by atoms with Crippen molar-refractivity contribution in [2.24, 2.45) is 0 Å². The van der Waals surface area contributed by atoms with Crippen molar-refractivity contribution in [3.8, 4) is 0 Å². The van der Waals surface area contributed by atoms with Gasteiger partial charge in [-0.15, -0.1) is 0 Å². The van der Waals surface area contributed by atoms with Crippen molar-refractivity contribution in [1.29, 1.82) is 0 Å². The van der Waals surface area contributed by atoms with Gasteiger partial charge in [-0.2, -0.15) is 0 Å². The molecule has 19 heavy (non-hydrogen) atoms. The van der Waals surface area contributed by atoms with Crippen LogP contribution in [-0.4, -0.2) is 5.78 Å². The second-order valence-electron chi connectivity index (χ2n) is 4.03. The lowest BCUT2D eigenvalue weighted by atomic mass is 10.0. The second-order valence-corrected chi connectivity index (χ2v) is 5.80. The predicted octanol–water partition coefficient (Wildman–Crippen LogP) is 5.03. The van der Waals surface area contributed by atoms with E-state index in [4.69, 9.17) is 0 Å². The lowest BCUT2D eigenvalue weighted by Crippen LogP contribution is -2.06. The Kier molecular flexibility index (Phi) is 4.16. The molecule has 5 heteroatoms. The van der Waals surface area contributed by atoms with Crippen LogP contribution in [0, 0.1) is 18.6 Å². The summed E-state index contributed by atoms with van der Waals surface area (Å²) in [5.74, 6) is -2.01. The van der Waals surface area contributed by atoms with Crippen molar-refractivity contribution >= 4 is 37.6 Å². The van der Waals surface area contributed by atoms with Gasteiger partial charge < -0.3 is 0 Å². The van der Waals surface area contributed by atoms with Gasteiger partial charge in [0.05, 0.1) is 5.56 Å². The number of hydrogen-bond donors (Lipinski definition) is 0. The molecule has 0 saturated heterocycles. The van der Waals surface area contributed by atoms with Crippen LogP contribution in [0.4, 0.5) is 8.78 Å². The van der Waals surface area contributed by atoms with Crippen molar-refractivity contribution in [1.82, 2.24) is 0 Å². The normalized spacial score (nSPS) is 10.6. The molecule has 2 aromatic carbocycles. The van der Waals surface area contributed by atoms with Crippen LogP contribution < -0.4 is 0 Å². The molecule has 0 radical (unpaired) electrons. The number of hydrogen-bond acceptors (Lipinski definition) is 1. The van der Waals surface area contributed by atoms with Gasteiger partial charge in [-0.1, -0.05) is 15.9 Å². The number of carbonyl (C=O) groups is 1. The fourth-order valence-corrected chi connectivity index (χ4v) is 2.88. The highest BCUT2D eigenvalue weighted by molar-refractivity contribution is 9.11. The van der Waals surface area contributed by atoms with E-state index < -0.39 is 17.4 Å². The van der Waals surface area contributed by atoms with Crippen LogP contribution in [0.1, 0.15) is 21.5 Å². The van der Waals surface area contributed by atoms with Crippen LogP contribution in [0.2, 0.25) is 0 Å². The molecule has 2 aromatic rings. The van der Waals surface area contributed by atoms with E-state index in [1.807, 2.05) is 0 Å².